The van der Waals surface area contributed by atoms with Crippen molar-refractivity contribution in [3.63, 3.8) is 0 Å². The Morgan fingerprint density at radius 2 is 1.64 bits per heavy atom. The molecule has 3 rings (SSSR count). The predicted octanol–water partition coefficient (Wildman–Crippen LogP) is 6.13. The van der Waals surface area contributed by atoms with Crippen molar-refractivity contribution in [3.8, 4) is 5.75 Å². The van der Waals surface area contributed by atoms with E-state index in [1.807, 2.05) is 35.2 Å². The molecular weight excluding hydrogens is 572 g/mol. The molecule has 0 aliphatic carbocycles. The van der Waals surface area contributed by atoms with Gasteiger partial charge in [-0.2, -0.15) is 13.2 Å². The number of amides is 1. The van der Waals surface area contributed by atoms with Crippen molar-refractivity contribution in [2.45, 2.75) is 56.8 Å². The maximum absolute atomic E-state index is 14.9. The summed E-state index contributed by atoms with van der Waals surface area (Å²) in [7, 11) is -3.83. The molecular formula is C31H36F4N2O4S. The zero-order valence-electron chi connectivity index (χ0n) is 24.1. The van der Waals surface area contributed by atoms with E-state index in [-0.39, 0.29) is 41.3 Å². The van der Waals surface area contributed by atoms with Gasteiger partial charge in [0.1, 0.15) is 11.6 Å². The largest absolute Gasteiger partial charge is 0.493 e. The van der Waals surface area contributed by atoms with Gasteiger partial charge in [-0.1, -0.05) is 62.4 Å². The molecule has 42 heavy (non-hydrogen) atoms. The summed E-state index contributed by atoms with van der Waals surface area (Å²) in [4.78, 5) is 13.0. The van der Waals surface area contributed by atoms with E-state index in [0.717, 1.165) is 30.0 Å². The van der Waals surface area contributed by atoms with Crippen LogP contribution in [0.2, 0.25) is 0 Å². The number of carbonyl (C=O) groups is 1. The Labute approximate surface area is 244 Å². The molecule has 3 aromatic carbocycles. The molecule has 0 spiro atoms. The van der Waals surface area contributed by atoms with E-state index in [4.69, 9.17) is 4.74 Å². The number of halogens is 4. The first kappa shape index (κ1) is 33.1. The summed E-state index contributed by atoms with van der Waals surface area (Å²) in [6.45, 7) is 6.46. The lowest BCUT2D eigenvalue weighted by Gasteiger charge is -2.33. The molecule has 11 heteroatoms. The Balaban J connectivity index is 1.76. The van der Waals surface area contributed by atoms with Gasteiger partial charge in [0.15, 0.2) is 9.84 Å². The Hall–Kier alpha value is -3.44. The monoisotopic (exact) mass is 608 g/mol. The first-order valence-electron chi connectivity index (χ1n) is 13.4. The molecule has 0 aliphatic rings. The molecule has 3 aromatic rings. The van der Waals surface area contributed by atoms with Crippen molar-refractivity contribution in [2.75, 3.05) is 26.0 Å². The standard InChI is InChI=1S/C31H36F4N2O4S/c1-22(38)36-19-27-28(32)17-26(18-29(27)42(4,39)40)41-15-9-14-37(21-30(2,3)24-11-6-5-7-12-24)20-23-10-8-13-25(16-23)31(33,34)35/h5-8,10-13,16-18H,9,14-15,19-21H2,1-4H3,(H,36,38). The minimum Gasteiger partial charge on any atom is -0.493 e. The van der Waals surface area contributed by atoms with E-state index in [0.29, 0.717) is 25.1 Å². The average molecular weight is 609 g/mol. The summed E-state index contributed by atoms with van der Waals surface area (Å²) >= 11 is 0. The number of alkyl halides is 3. The van der Waals surface area contributed by atoms with Gasteiger partial charge in [0.2, 0.25) is 5.91 Å². The lowest BCUT2D eigenvalue weighted by atomic mass is 9.84. The van der Waals surface area contributed by atoms with E-state index < -0.39 is 33.3 Å². The molecule has 1 N–H and O–H groups in total. The maximum atomic E-state index is 14.9. The second-order valence-electron chi connectivity index (χ2n) is 10.9. The van der Waals surface area contributed by atoms with Crippen LogP contribution >= 0.6 is 0 Å². The highest BCUT2D eigenvalue weighted by Gasteiger charge is 2.31. The van der Waals surface area contributed by atoms with Gasteiger partial charge < -0.3 is 10.1 Å². The number of nitrogens with zero attached hydrogens (tertiary/aromatic N) is 1. The minimum absolute atomic E-state index is 0.0218. The fourth-order valence-electron chi connectivity index (χ4n) is 4.72. The molecule has 0 atom stereocenters. The van der Waals surface area contributed by atoms with E-state index >= 15 is 0 Å². The van der Waals surface area contributed by atoms with E-state index in [2.05, 4.69) is 19.2 Å². The number of ether oxygens (including phenoxy) is 1. The van der Waals surface area contributed by atoms with Gasteiger partial charge >= 0.3 is 6.18 Å². The summed E-state index contributed by atoms with van der Waals surface area (Å²) in [5.74, 6) is -1.23. The number of hydrogen-bond donors (Lipinski definition) is 1. The number of rotatable bonds is 13. The van der Waals surface area contributed by atoms with Gasteiger partial charge in [-0.3, -0.25) is 9.69 Å². The third kappa shape index (κ3) is 9.55. The fraction of sp³-hybridized carbons (Fsp3) is 0.387. The number of carbonyl (C=O) groups excluding carboxylic acids is 1. The third-order valence-corrected chi connectivity index (χ3v) is 7.93. The molecule has 0 unspecified atom stereocenters. The van der Waals surface area contributed by atoms with Gasteiger partial charge in [0.05, 0.1) is 17.1 Å². The lowest BCUT2D eigenvalue weighted by molar-refractivity contribution is -0.137. The third-order valence-electron chi connectivity index (χ3n) is 6.76. The highest BCUT2D eigenvalue weighted by molar-refractivity contribution is 7.90. The van der Waals surface area contributed by atoms with Gasteiger partial charge in [-0.25, -0.2) is 12.8 Å². The highest BCUT2D eigenvalue weighted by atomic mass is 32.2. The summed E-state index contributed by atoms with van der Waals surface area (Å²) in [5.41, 5.74) is 0.412. The number of nitrogens with one attached hydrogen (secondary N) is 1. The van der Waals surface area contributed by atoms with Crippen molar-refractivity contribution in [3.05, 3.63) is 94.8 Å². The quantitative estimate of drug-likeness (QED) is 0.187. The number of hydrogen-bond acceptors (Lipinski definition) is 5. The molecule has 0 fully saturated rings. The first-order valence-corrected chi connectivity index (χ1v) is 15.3. The molecule has 1 amide bonds. The molecule has 0 heterocycles. The van der Waals surface area contributed by atoms with Crippen LogP contribution in [0.1, 0.15) is 49.4 Å². The van der Waals surface area contributed by atoms with Crippen molar-refractivity contribution in [2.24, 2.45) is 0 Å². The lowest BCUT2D eigenvalue weighted by Crippen LogP contribution is -2.37. The van der Waals surface area contributed by atoms with Crippen LogP contribution < -0.4 is 10.1 Å². The molecule has 6 nitrogen and oxygen atoms in total. The van der Waals surface area contributed by atoms with Crippen LogP contribution in [0.4, 0.5) is 17.6 Å². The number of benzene rings is 3. The van der Waals surface area contributed by atoms with Crippen LogP contribution in [0.5, 0.6) is 5.75 Å². The molecule has 0 saturated heterocycles. The maximum Gasteiger partial charge on any atom is 0.416 e. The SMILES string of the molecule is CC(=O)NCc1c(F)cc(OCCCN(Cc2cccc(C(F)(F)F)c2)CC(C)(C)c2ccccc2)cc1S(C)(=O)=O. The van der Waals surface area contributed by atoms with Crippen LogP contribution in [0.3, 0.4) is 0 Å². The van der Waals surface area contributed by atoms with Crippen LogP contribution in [-0.4, -0.2) is 45.2 Å². The summed E-state index contributed by atoms with van der Waals surface area (Å²) in [6, 6.07) is 17.4. The summed E-state index contributed by atoms with van der Waals surface area (Å²) in [5, 5.41) is 2.41. The van der Waals surface area contributed by atoms with E-state index in [1.165, 1.54) is 19.1 Å². The second kappa shape index (κ2) is 13.7. The molecule has 0 bridgehead atoms. The summed E-state index contributed by atoms with van der Waals surface area (Å²) < 4.78 is 85.2. The Kier molecular flexibility index (Phi) is 10.8. The highest BCUT2D eigenvalue weighted by Crippen LogP contribution is 2.31. The van der Waals surface area contributed by atoms with Crippen LogP contribution in [0.15, 0.2) is 71.6 Å². The van der Waals surface area contributed by atoms with Crippen molar-refractivity contribution in [1.29, 1.82) is 0 Å². The van der Waals surface area contributed by atoms with Crippen LogP contribution in [0.25, 0.3) is 0 Å². The summed E-state index contributed by atoms with van der Waals surface area (Å²) in [6.07, 6.45) is -3.06. The Morgan fingerprint density at radius 3 is 2.26 bits per heavy atom. The predicted molar refractivity (Wildman–Crippen MR) is 153 cm³/mol. The molecule has 0 aliphatic heterocycles. The zero-order valence-corrected chi connectivity index (χ0v) is 24.9. The number of sulfone groups is 1. The minimum atomic E-state index is -4.45. The smallest absolute Gasteiger partial charge is 0.416 e. The topological polar surface area (TPSA) is 75.7 Å². The van der Waals surface area contributed by atoms with Crippen LogP contribution in [-0.2, 0) is 39.3 Å². The Bertz CT molecular complexity index is 1480. The van der Waals surface area contributed by atoms with Gasteiger partial charge in [-0.15, -0.1) is 0 Å². The molecule has 0 aromatic heterocycles. The Morgan fingerprint density at radius 1 is 0.976 bits per heavy atom. The van der Waals surface area contributed by atoms with Gasteiger partial charge in [0, 0.05) is 56.4 Å². The average Bonchev–Trinajstić information content (AvgIpc) is 2.89. The second-order valence-corrected chi connectivity index (χ2v) is 12.9. The normalized spacial score (nSPS) is 12.4. The molecule has 228 valence electrons. The van der Waals surface area contributed by atoms with Crippen molar-refractivity contribution in [1.82, 2.24) is 10.2 Å². The first-order chi connectivity index (χ1) is 19.6. The van der Waals surface area contributed by atoms with Crippen molar-refractivity contribution >= 4 is 15.7 Å². The van der Waals surface area contributed by atoms with Crippen LogP contribution in [0, 0.1) is 5.82 Å². The van der Waals surface area contributed by atoms with Gasteiger partial charge in [0.25, 0.3) is 0 Å². The fourth-order valence-corrected chi connectivity index (χ4v) is 5.67. The zero-order chi connectivity index (χ0) is 31.1. The van der Waals surface area contributed by atoms with E-state index in [1.54, 1.807) is 6.07 Å². The van der Waals surface area contributed by atoms with E-state index in [9.17, 15) is 30.8 Å². The molecule has 0 radical (unpaired) electrons. The van der Waals surface area contributed by atoms with Crippen molar-refractivity contribution < 1.29 is 35.5 Å². The van der Waals surface area contributed by atoms with Gasteiger partial charge in [-0.05, 0) is 29.7 Å². The molecule has 0 saturated carbocycles.